The van der Waals surface area contributed by atoms with Crippen LogP contribution in [-0.2, 0) is 10.2 Å². The van der Waals surface area contributed by atoms with E-state index in [0.29, 0.717) is 0 Å². The van der Waals surface area contributed by atoms with Gasteiger partial charge in [0.15, 0.2) is 0 Å². The average Bonchev–Trinajstić information content (AvgIpc) is 3.20. The van der Waals surface area contributed by atoms with E-state index in [1.165, 1.54) is 12.1 Å². The lowest BCUT2D eigenvalue weighted by molar-refractivity contribution is -0.135. The molecule has 0 aromatic heterocycles. The van der Waals surface area contributed by atoms with E-state index in [4.69, 9.17) is 5.73 Å². The molecule has 1 saturated heterocycles. The van der Waals surface area contributed by atoms with Crippen molar-refractivity contribution in [2.75, 3.05) is 13.1 Å². The van der Waals surface area contributed by atoms with Crippen LogP contribution in [0.15, 0.2) is 24.3 Å². The van der Waals surface area contributed by atoms with Gasteiger partial charge in [0.1, 0.15) is 5.82 Å². The van der Waals surface area contributed by atoms with Gasteiger partial charge in [-0.3, -0.25) is 4.79 Å². The van der Waals surface area contributed by atoms with Gasteiger partial charge in [-0.1, -0.05) is 12.1 Å². The molecule has 110 valence electrons. The second-order valence-corrected chi connectivity index (χ2v) is 5.72. The fourth-order valence-electron chi connectivity index (χ4n) is 2.94. The highest BCUT2D eigenvalue weighted by atomic mass is 35.5. The van der Waals surface area contributed by atoms with E-state index >= 15 is 0 Å². The van der Waals surface area contributed by atoms with Gasteiger partial charge in [-0.05, 0) is 43.4 Å². The summed E-state index contributed by atoms with van der Waals surface area (Å²) in [6.45, 7) is 1.47. The van der Waals surface area contributed by atoms with E-state index in [1.54, 1.807) is 6.07 Å². The Balaban J connectivity index is 0.00000147. The molecular formula is C15H20ClFN2O. The lowest BCUT2D eigenvalue weighted by Gasteiger charge is -2.33. The van der Waals surface area contributed by atoms with E-state index in [0.717, 1.165) is 44.3 Å². The summed E-state index contributed by atoms with van der Waals surface area (Å²) in [5.74, 6) is -0.109. The SMILES string of the molecule is Cl.NC1CCN(C(=O)C2(c3cccc(F)c3)CC2)CC1. The number of likely N-dealkylation sites (tertiary alicyclic amines) is 1. The number of carbonyl (C=O) groups excluding carboxylic acids is 1. The first kappa shape index (κ1) is 15.3. The molecule has 0 spiro atoms. The Bertz CT molecular complexity index is 496. The first-order valence-electron chi connectivity index (χ1n) is 6.93. The van der Waals surface area contributed by atoms with Gasteiger partial charge in [0.05, 0.1) is 5.41 Å². The van der Waals surface area contributed by atoms with E-state index in [2.05, 4.69) is 0 Å². The lowest BCUT2D eigenvalue weighted by Crippen LogP contribution is -2.46. The second-order valence-electron chi connectivity index (χ2n) is 5.72. The van der Waals surface area contributed by atoms with Gasteiger partial charge in [0.25, 0.3) is 0 Å². The summed E-state index contributed by atoms with van der Waals surface area (Å²) >= 11 is 0. The maximum Gasteiger partial charge on any atom is 0.233 e. The minimum atomic E-state index is -0.455. The Labute approximate surface area is 124 Å². The quantitative estimate of drug-likeness (QED) is 0.910. The van der Waals surface area contributed by atoms with Gasteiger partial charge < -0.3 is 10.6 Å². The molecule has 2 N–H and O–H groups in total. The third kappa shape index (κ3) is 2.67. The minimum absolute atomic E-state index is 0. The topological polar surface area (TPSA) is 46.3 Å². The Kier molecular flexibility index (Phi) is 4.35. The van der Waals surface area contributed by atoms with Crippen LogP contribution < -0.4 is 5.73 Å². The van der Waals surface area contributed by atoms with Crippen molar-refractivity contribution in [1.29, 1.82) is 0 Å². The molecule has 0 atom stereocenters. The van der Waals surface area contributed by atoms with Gasteiger partial charge >= 0.3 is 0 Å². The molecule has 2 fully saturated rings. The van der Waals surface area contributed by atoms with Crippen molar-refractivity contribution in [1.82, 2.24) is 4.90 Å². The summed E-state index contributed by atoms with van der Waals surface area (Å²) < 4.78 is 13.3. The second kappa shape index (κ2) is 5.70. The Morgan fingerprint density at radius 3 is 2.50 bits per heavy atom. The van der Waals surface area contributed by atoms with E-state index < -0.39 is 5.41 Å². The van der Waals surface area contributed by atoms with Crippen LogP contribution in [0.3, 0.4) is 0 Å². The molecule has 1 saturated carbocycles. The first-order chi connectivity index (χ1) is 9.12. The molecule has 1 aliphatic heterocycles. The first-order valence-corrected chi connectivity index (χ1v) is 6.93. The molecule has 1 aliphatic carbocycles. The van der Waals surface area contributed by atoms with Crippen LogP contribution in [-0.4, -0.2) is 29.9 Å². The van der Waals surface area contributed by atoms with E-state index in [-0.39, 0.29) is 30.2 Å². The number of halogens is 2. The van der Waals surface area contributed by atoms with Crippen molar-refractivity contribution in [3.63, 3.8) is 0 Å². The summed E-state index contributed by atoms with van der Waals surface area (Å²) in [4.78, 5) is 14.6. The number of benzene rings is 1. The monoisotopic (exact) mass is 298 g/mol. The van der Waals surface area contributed by atoms with Crippen molar-refractivity contribution in [3.05, 3.63) is 35.6 Å². The zero-order valence-corrected chi connectivity index (χ0v) is 12.2. The molecule has 0 radical (unpaired) electrons. The predicted molar refractivity (Wildman–Crippen MR) is 78.3 cm³/mol. The molecule has 20 heavy (non-hydrogen) atoms. The van der Waals surface area contributed by atoms with Gasteiger partial charge in [-0.25, -0.2) is 4.39 Å². The smallest absolute Gasteiger partial charge is 0.233 e. The predicted octanol–water partition coefficient (Wildman–Crippen LogP) is 2.23. The molecule has 5 heteroatoms. The van der Waals surface area contributed by atoms with Gasteiger partial charge in [0, 0.05) is 19.1 Å². The largest absolute Gasteiger partial charge is 0.342 e. The summed E-state index contributed by atoms with van der Waals surface area (Å²) in [6, 6.07) is 6.69. The van der Waals surface area contributed by atoms with E-state index in [1.807, 2.05) is 11.0 Å². The molecule has 1 aromatic rings. The van der Waals surface area contributed by atoms with Crippen LogP contribution >= 0.6 is 12.4 Å². The third-order valence-corrected chi connectivity index (χ3v) is 4.36. The van der Waals surface area contributed by atoms with Crippen molar-refractivity contribution in [2.24, 2.45) is 5.73 Å². The molecule has 1 aromatic carbocycles. The van der Waals surface area contributed by atoms with E-state index in [9.17, 15) is 9.18 Å². The minimum Gasteiger partial charge on any atom is -0.342 e. The molecule has 2 aliphatic rings. The van der Waals surface area contributed by atoms with Gasteiger partial charge in [0.2, 0.25) is 5.91 Å². The normalized spacial score (nSPS) is 21.2. The summed E-state index contributed by atoms with van der Waals surface area (Å²) in [7, 11) is 0. The van der Waals surface area contributed by atoms with Crippen LogP contribution in [0.2, 0.25) is 0 Å². The number of rotatable bonds is 2. The summed E-state index contributed by atoms with van der Waals surface area (Å²) in [5.41, 5.74) is 6.24. The highest BCUT2D eigenvalue weighted by molar-refractivity contribution is 5.91. The van der Waals surface area contributed by atoms with Crippen molar-refractivity contribution < 1.29 is 9.18 Å². The Morgan fingerprint density at radius 2 is 1.95 bits per heavy atom. The Morgan fingerprint density at radius 1 is 1.30 bits per heavy atom. The highest BCUT2D eigenvalue weighted by Gasteiger charge is 2.53. The number of hydrogen-bond acceptors (Lipinski definition) is 2. The number of piperidine rings is 1. The van der Waals surface area contributed by atoms with Crippen LogP contribution in [0, 0.1) is 5.82 Å². The number of nitrogens with zero attached hydrogens (tertiary/aromatic N) is 1. The Hall–Kier alpha value is -1.13. The average molecular weight is 299 g/mol. The number of hydrogen-bond donors (Lipinski definition) is 1. The molecule has 1 heterocycles. The molecule has 3 rings (SSSR count). The number of nitrogens with two attached hydrogens (primary N) is 1. The maximum atomic E-state index is 13.3. The molecular weight excluding hydrogens is 279 g/mol. The number of carbonyl (C=O) groups is 1. The molecule has 3 nitrogen and oxygen atoms in total. The van der Waals surface area contributed by atoms with Crippen molar-refractivity contribution in [2.45, 2.75) is 37.1 Å². The summed E-state index contributed by atoms with van der Waals surface area (Å²) in [5, 5.41) is 0. The highest BCUT2D eigenvalue weighted by Crippen LogP contribution is 2.49. The zero-order chi connectivity index (χ0) is 13.5. The zero-order valence-electron chi connectivity index (χ0n) is 11.3. The van der Waals surface area contributed by atoms with Crippen LogP contribution in [0.4, 0.5) is 4.39 Å². The lowest BCUT2D eigenvalue weighted by atomic mass is 9.93. The van der Waals surface area contributed by atoms with Gasteiger partial charge in [-0.15, -0.1) is 12.4 Å². The van der Waals surface area contributed by atoms with Crippen LogP contribution in [0.5, 0.6) is 0 Å². The fraction of sp³-hybridized carbons (Fsp3) is 0.533. The number of amides is 1. The third-order valence-electron chi connectivity index (χ3n) is 4.36. The molecule has 0 unspecified atom stereocenters. The van der Waals surface area contributed by atoms with Crippen LogP contribution in [0.25, 0.3) is 0 Å². The molecule has 0 bridgehead atoms. The van der Waals surface area contributed by atoms with Gasteiger partial charge in [-0.2, -0.15) is 0 Å². The fourth-order valence-corrected chi connectivity index (χ4v) is 2.94. The summed E-state index contributed by atoms with van der Waals surface area (Å²) in [6.07, 6.45) is 3.39. The standard InChI is InChI=1S/C15H19FN2O.ClH/c16-12-3-1-2-11(10-12)15(6-7-15)14(19)18-8-4-13(17)5-9-18;/h1-3,10,13H,4-9,17H2;1H. The molecule has 1 amide bonds. The maximum absolute atomic E-state index is 13.3. The van der Waals surface area contributed by atoms with Crippen molar-refractivity contribution >= 4 is 18.3 Å². The van der Waals surface area contributed by atoms with Crippen LogP contribution in [0.1, 0.15) is 31.2 Å². The van der Waals surface area contributed by atoms with Crippen molar-refractivity contribution in [3.8, 4) is 0 Å².